The zero-order chi connectivity index (χ0) is 17.2. The molecule has 2 unspecified atom stereocenters. The third kappa shape index (κ3) is 3.27. The van der Waals surface area contributed by atoms with E-state index in [-0.39, 0.29) is 41.1 Å². The lowest BCUT2D eigenvalue weighted by atomic mass is 9.64. The molecule has 2 aliphatic heterocycles. The van der Waals surface area contributed by atoms with Gasteiger partial charge in [-0.25, -0.2) is 0 Å². The summed E-state index contributed by atoms with van der Waals surface area (Å²) in [5, 5.41) is 16.1. The van der Waals surface area contributed by atoms with E-state index in [1.54, 1.807) is 0 Å². The largest absolute Gasteiger partial charge is 0.368 e. The summed E-state index contributed by atoms with van der Waals surface area (Å²) >= 11 is 0. The zero-order valence-corrected chi connectivity index (χ0v) is 14.2. The first-order valence-corrected chi connectivity index (χ1v) is 9.28. The van der Waals surface area contributed by atoms with Gasteiger partial charge in [-0.15, -0.1) is 0 Å². The van der Waals surface area contributed by atoms with Gasteiger partial charge in [0.1, 0.15) is 0 Å². The molecule has 4 N–H and O–H groups in total. The SMILES string of the molecule is N#C[C@@H](C[C@@H]1CCCNC1=O)C1NC(C(N)=O)CC12CCCCC2. The molecule has 1 spiro atoms. The molecule has 4 atom stereocenters. The number of nitrogens with zero attached hydrogens (tertiary/aromatic N) is 1. The van der Waals surface area contributed by atoms with Crippen LogP contribution in [0.15, 0.2) is 0 Å². The first-order valence-electron chi connectivity index (χ1n) is 9.28. The molecular formula is C18H28N4O2. The normalized spacial score (nSPS) is 33.6. The smallest absolute Gasteiger partial charge is 0.234 e. The number of carbonyl (C=O) groups is 2. The molecule has 3 rings (SSSR count). The topological polar surface area (TPSA) is 108 Å². The van der Waals surface area contributed by atoms with Gasteiger partial charge in [0.2, 0.25) is 11.8 Å². The molecule has 1 aliphatic carbocycles. The molecule has 132 valence electrons. The van der Waals surface area contributed by atoms with Gasteiger partial charge in [0.15, 0.2) is 0 Å². The van der Waals surface area contributed by atoms with Crippen LogP contribution in [0, 0.1) is 28.6 Å². The molecule has 2 saturated heterocycles. The number of hydrogen-bond donors (Lipinski definition) is 3. The number of nitrogens with one attached hydrogen (secondary N) is 2. The molecule has 24 heavy (non-hydrogen) atoms. The van der Waals surface area contributed by atoms with E-state index in [0.29, 0.717) is 6.42 Å². The van der Waals surface area contributed by atoms with E-state index in [1.165, 1.54) is 6.42 Å². The predicted molar refractivity (Wildman–Crippen MR) is 89.5 cm³/mol. The standard InChI is InChI=1S/C18H28N4O2/c19-11-13(9-12-5-4-8-21-17(12)24)15-18(6-2-1-3-7-18)10-14(22-15)16(20)23/h12-15,22H,1-10H2,(H2,20,23)(H,21,24)/t12-,13+,14?,15?/m0/s1. The Kier molecular flexibility index (Phi) is 5.09. The summed E-state index contributed by atoms with van der Waals surface area (Å²) in [6, 6.07) is 2.07. The van der Waals surface area contributed by atoms with Crippen molar-refractivity contribution in [1.82, 2.24) is 10.6 Å². The Morgan fingerprint density at radius 1 is 1.33 bits per heavy atom. The molecule has 3 aliphatic rings. The lowest BCUT2D eigenvalue weighted by Gasteiger charge is -2.41. The minimum atomic E-state index is -0.343. The van der Waals surface area contributed by atoms with E-state index in [0.717, 1.165) is 51.5 Å². The van der Waals surface area contributed by atoms with Crippen molar-refractivity contribution in [3.63, 3.8) is 0 Å². The minimum Gasteiger partial charge on any atom is -0.368 e. The predicted octanol–water partition coefficient (Wildman–Crippen LogP) is 1.21. The number of primary amides is 1. The lowest BCUT2D eigenvalue weighted by Crippen LogP contribution is -2.47. The number of amides is 2. The van der Waals surface area contributed by atoms with E-state index in [9.17, 15) is 14.9 Å². The Bertz CT molecular complexity index is 536. The van der Waals surface area contributed by atoms with Crippen LogP contribution < -0.4 is 16.4 Å². The average Bonchev–Trinajstić information content (AvgIpc) is 2.94. The first kappa shape index (κ1) is 17.2. The van der Waals surface area contributed by atoms with Crippen LogP contribution in [-0.2, 0) is 9.59 Å². The van der Waals surface area contributed by atoms with Gasteiger partial charge in [-0.2, -0.15) is 5.26 Å². The highest BCUT2D eigenvalue weighted by molar-refractivity contribution is 5.80. The van der Waals surface area contributed by atoms with Gasteiger partial charge < -0.3 is 16.4 Å². The fourth-order valence-electron chi connectivity index (χ4n) is 5.11. The molecule has 0 bridgehead atoms. The van der Waals surface area contributed by atoms with E-state index < -0.39 is 0 Å². The highest BCUT2D eigenvalue weighted by Gasteiger charge is 2.52. The van der Waals surface area contributed by atoms with E-state index in [1.807, 2.05) is 0 Å². The van der Waals surface area contributed by atoms with E-state index in [4.69, 9.17) is 5.73 Å². The first-order chi connectivity index (χ1) is 11.6. The number of carbonyl (C=O) groups excluding carboxylic acids is 2. The quantitative estimate of drug-likeness (QED) is 0.719. The molecule has 6 heteroatoms. The Morgan fingerprint density at radius 3 is 2.71 bits per heavy atom. The van der Waals surface area contributed by atoms with E-state index >= 15 is 0 Å². The average molecular weight is 332 g/mol. The number of hydrogen-bond acceptors (Lipinski definition) is 4. The number of nitrogens with two attached hydrogens (primary N) is 1. The van der Waals surface area contributed by atoms with Crippen molar-refractivity contribution in [2.75, 3.05) is 6.54 Å². The summed E-state index contributed by atoms with van der Waals surface area (Å²) in [5.74, 6) is -0.585. The molecule has 6 nitrogen and oxygen atoms in total. The highest BCUT2D eigenvalue weighted by atomic mass is 16.2. The van der Waals surface area contributed by atoms with Crippen LogP contribution in [-0.4, -0.2) is 30.4 Å². The summed E-state index contributed by atoms with van der Waals surface area (Å²) in [5.41, 5.74) is 5.54. The molecule has 2 amide bonds. The van der Waals surface area contributed by atoms with Crippen LogP contribution in [0.5, 0.6) is 0 Å². The van der Waals surface area contributed by atoms with Crippen LogP contribution in [0.2, 0.25) is 0 Å². The van der Waals surface area contributed by atoms with Crippen molar-refractivity contribution in [3.05, 3.63) is 0 Å². The van der Waals surface area contributed by atoms with E-state index in [2.05, 4.69) is 16.7 Å². The van der Waals surface area contributed by atoms with Gasteiger partial charge in [0.25, 0.3) is 0 Å². The minimum absolute atomic E-state index is 0.0104. The van der Waals surface area contributed by atoms with Gasteiger partial charge in [-0.1, -0.05) is 19.3 Å². The van der Waals surface area contributed by atoms with Crippen molar-refractivity contribution < 1.29 is 9.59 Å². The van der Waals surface area contributed by atoms with Crippen molar-refractivity contribution in [1.29, 1.82) is 5.26 Å². The summed E-state index contributed by atoms with van der Waals surface area (Å²) in [4.78, 5) is 23.8. The maximum atomic E-state index is 12.1. The number of rotatable bonds is 4. The summed E-state index contributed by atoms with van der Waals surface area (Å²) in [6.45, 7) is 0.738. The van der Waals surface area contributed by atoms with Crippen molar-refractivity contribution >= 4 is 11.8 Å². The summed E-state index contributed by atoms with van der Waals surface area (Å²) in [6.07, 6.45) is 8.74. The number of piperidine rings is 1. The zero-order valence-electron chi connectivity index (χ0n) is 14.2. The van der Waals surface area contributed by atoms with Crippen LogP contribution >= 0.6 is 0 Å². The molecule has 0 radical (unpaired) electrons. The number of nitriles is 1. The van der Waals surface area contributed by atoms with Crippen LogP contribution in [0.1, 0.15) is 57.8 Å². The molecule has 1 saturated carbocycles. The monoisotopic (exact) mass is 332 g/mol. The third-order valence-corrected chi connectivity index (χ3v) is 6.35. The van der Waals surface area contributed by atoms with Crippen LogP contribution in [0.25, 0.3) is 0 Å². The van der Waals surface area contributed by atoms with Gasteiger partial charge in [-0.05, 0) is 43.9 Å². The Morgan fingerprint density at radius 2 is 2.08 bits per heavy atom. The second kappa shape index (κ2) is 7.10. The third-order valence-electron chi connectivity index (χ3n) is 6.35. The second-order valence-electron chi connectivity index (χ2n) is 7.83. The summed E-state index contributed by atoms with van der Waals surface area (Å²) in [7, 11) is 0. The van der Waals surface area contributed by atoms with Gasteiger partial charge in [0.05, 0.1) is 18.0 Å². The Balaban J connectivity index is 1.78. The molecule has 0 aromatic heterocycles. The molecule has 3 fully saturated rings. The van der Waals surface area contributed by atoms with Gasteiger partial charge in [0, 0.05) is 18.5 Å². The Hall–Kier alpha value is -1.61. The van der Waals surface area contributed by atoms with Crippen molar-refractivity contribution in [2.24, 2.45) is 23.0 Å². The van der Waals surface area contributed by atoms with Crippen molar-refractivity contribution in [3.8, 4) is 6.07 Å². The Labute approximate surface area is 143 Å². The van der Waals surface area contributed by atoms with Crippen LogP contribution in [0.3, 0.4) is 0 Å². The molecule has 0 aromatic rings. The summed E-state index contributed by atoms with van der Waals surface area (Å²) < 4.78 is 0. The lowest BCUT2D eigenvalue weighted by molar-refractivity contribution is -0.127. The molecular weight excluding hydrogens is 304 g/mol. The van der Waals surface area contributed by atoms with Gasteiger partial charge in [-0.3, -0.25) is 9.59 Å². The fourth-order valence-corrected chi connectivity index (χ4v) is 5.11. The molecule has 2 heterocycles. The maximum Gasteiger partial charge on any atom is 0.234 e. The highest BCUT2D eigenvalue weighted by Crippen LogP contribution is 2.49. The second-order valence-corrected chi connectivity index (χ2v) is 7.83. The van der Waals surface area contributed by atoms with Gasteiger partial charge >= 0.3 is 0 Å². The molecule has 0 aromatic carbocycles. The maximum absolute atomic E-state index is 12.1. The van der Waals surface area contributed by atoms with Crippen LogP contribution in [0.4, 0.5) is 0 Å². The van der Waals surface area contributed by atoms with Crippen molar-refractivity contribution in [2.45, 2.75) is 69.9 Å². The fraction of sp³-hybridized carbons (Fsp3) is 0.833.